The van der Waals surface area contributed by atoms with Crippen LogP contribution in [0.5, 0.6) is 0 Å². The molecule has 108 valence electrons. The number of aromatic nitrogens is 2. The molecule has 5 heteroatoms. The van der Waals surface area contributed by atoms with Crippen molar-refractivity contribution in [3.8, 4) is 11.4 Å². The Balaban J connectivity index is 1.77. The summed E-state index contributed by atoms with van der Waals surface area (Å²) < 4.78 is 0. The number of piperidine rings is 1. The lowest BCUT2D eigenvalue weighted by Gasteiger charge is -2.32. The highest BCUT2D eigenvalue weighted by atomic mass is 16.1. The third-order valence-corrected chi connectivity index (χ3v) is 3.93. The van der Waals surface area contributed by atoms with Crippen molar-refractivity contribution in [2.75, 3.05) is 18.0 Å². The topological polar surface area (TPSA) is 72.1 Å². The van der Waals surface area contributed by atoms with Gasteiger partial charge in [-0.2, -0.15) is 0 Å². The smallest absolute Gasteiger partial charge is 0.220 e. The lowest BCUT2D eigenvalue weighted by molar-refractivity contribution is -0.122. The molecule has 0 radical (unpaired) electrons. The van der Waals surface area contributed by atoms with Crippen LogP contribution in [0.1, 0.15) is 12.8 Å². The van der Waals surface area contributed by atoms with Crippen molar-refractivity contribution in [1.29, 1.82) is 0 Å². The summed E-state index contributed by atoms with van der Waals surface area (Å²) in [5.74, 6) is 0.564. The molecule has 1 fully saturated rings. The maximum atomic E-state index is 11.2. The number of primary amides is 1. The van der Waals surface area contributed by atoms with Crippen molar-refractivity contribution in [2.24, 2.45) is 11.7 Å². The van der Waals surface area contributed by atoms with Crippen LogP contribution >= 0.6 is 0 Å². The van der Waals surface area contributed by atoms with E-state index in [0.717, 1.165) is 43.0 Å². The Hall–Kier alpha value is -2.43. The van der Waals surface area contributed by atoms with Crippen LogP contribution in [-0.4, -0.2) is 29.0 Å². The second kappa shape index (κ2) is 5.91. The number of hydrogen-bond acceptors (Lipinski definition) is 4. The van der Waals surface area contributed by atoms with Gasteiger partial charge < -0.3 is 10.6 Å². The SMILES string of the molecule is NC(=O)C1CCN(c2cccc(-c3ncccn3)c2)CC1. The number of amides is 1. The van der Waals surface area contributed by atoms with Crippen molar-refractivity contribution < 1.29 is 4.79 Å². The standard InChI is InChI=1S/C16H18N4O/c17-15(21)12-5-9-20(10-6-12)14-4-1-3-13(11-14)16-18-7-2-8-19-16/h1-4,7-8,11-12H,5-6,9-10H2,(H2,17,21). The Morgan fingerprint density at radius 2 is 1.86 bits per heavy atom. The van der Waals surface area contributed by atoms with Gasteiger partial charge in [-0.15, -0.1) is 0 Å². The van der Waals surface area contributed by atoms with Crippen molar-refractivity contribution >= 4 is 11.6 Å². The maximum Gasteiger partial charge on any atom is 0.220 e. The highest BCUT2D eigenvalue weighted by Crippen LogP contribution is 2.26. The van der Waals surface area contributed by atoms with Gasteiger partial charge in [-0.25, -0.2) is 9.97 Å². The Kier molecular flexibility index (Phi) is 3.81. The minimum atomic E-state index is -0.180. The fourth-order valence-electron chi connectivity index (χ4n) is 2.71. The van der Waals surface area contributed by atoms with Crippen LogP contribution in [0.3, 0.4) is 0 Å². The molecule has 2 N–H and O–H groups in total. The van der Waals surface area contributed by atoms with Crippen molar-refractivity contribution in [3.63, 3.8) is 0 Å². The first-order valence-electron chi connectivity index (χ1n) is 7.16. The summed E-state index contributed by atoms with van der Waals surface area (Å²) in [5, 5.41) is 0. The summed E-state index contributed by atoms with van der Waals surface area (Å²) in [7, 11) is 0. The molecule has 0 atom stereocenters. The minimum Gasteiger partial charge on any atom is -0.371 e. The summed E-state index contributed by atoms with van der Waals surface area (Å²) in [6.07, 6.45) is 5.13. The lowest BCUT2D eigenvalue weighted by Crippen LogP contribution is -2.38. The molecule has 21 heavy (non-hydrogen) atoms. The predicted molar refractivity (Wildman–Crippen MR) is 81.6 cm³/mol. The number of benzene rings is 1. The van der Waals surface area contributed by atoms with Crippen LogP contribution in [0.4, 0.5) is 5.69 Å². The third kappa shape index (κ3) is 3.02. The molecule has 1 saturated heterocycles. The zero-order valence-electron chi connectivity index (χ0n) is 11.8. The number of nitrogens with two attached hydrogens (primary N) is 1. The fraction of sp³-hybridized carbons (Fsp3) is 0.312. The van der Waals surface area contributed by atoms with Crippen molar-refractivity contribution in [3.05, 3.63) is 42.7 Å². The number of carbonyl (C=O) groups excluding carboxylic acids is 1. The highest BCUT2D eigenvalue weighted by Gasteiger charge is 2.23. The first-order valence-corrected chi connectivity index (χ1v) is 7.16. The summed E-state index contributed by atoms with van der Waals surface area (Å²) in [4.78, 5) is 22.1. The van der Waals surface area contributed by atoms with E-state index in [9.17, 15) is 4.79 Å². The van der Waals surface area contributed by atoms with Crippen LogP contribution in [0, 0.1) is 5.92 Å². The molecule has 1 aliphatic rings. The van der Waals surface area contributed by atoms with Gasteiger partial charge in [0.2, 0.25) is 5.91 Å². The van der Waals surface area contributed by atoms with Crippen molar-refractivity contribution in [1.82, 2.24) is 9.97 Å². The van der Waals surface area contributed by atoms with Gasteiger partial charge in [0.05, 0.1) is 0 Å². The monoisotopic (exact) mass is 282 g/mol. The number of carbonyl (C=O) groups is 1. The molecule has 0 unspecified atom stereocenters. The second-order valence-corrected chi connectivity index (χ2v) is 5.29. The average Bonchev–Trinajstić information content (AvgIpc) is 2.56. The zero-order chi connectivity index (χ0) is 14.7. The van der Waals surface area contributed by atoms with Crippen LogP contribution in [0.15, 0.2) is 42.7 Å². The quantitative estimate of drug-likeness (QED) is 0.932. The normalized spacial score (nSPS) is 15.9. The molecule has 0 spiro atoms. The second-order valence-electron chi connectivity index (χ2n) is 5.29. The molecule has 2 aromatic rings. The highest BCUT2D eigenvalue weighted by molar-refractivity contribution is 5.77. The zero-order valence-corrected chi connectivity index (χ0v) is 11.8. The molecule has 1 aromatic heterocycles. The largest absolute Gasteiger partial charge is 0.371 e. The molecule has 1 amide bonds. The van der Waals surface area contributed by atoms with Crippen molar-refractivity contribution in [2.45, 2.75) is 12.8 Å². The fourth-order valence-corrected chi connectivity index (χ4v) is 2.71. The third-order valence-electron chi connectivity index (χ3n) is 3.93. The maximum absolute atomic E-state index is 11.2. The Bertz CT molecular complexity index is 621. The molecule has 1 aliphatic heterocycles. The lowest BCUT2D eigenvalue weighted by atomic mass is 9.96. The van der Waals surface area contributed by atoms with E-state index in [0.29, 0.717) is 0 Å². The molecule has 1 aromatic carbocycles. The van der Waals surface area contributed by atoms with Gasteiger partial charge in [-0.3, -0.25) is 4.79 Å². The Labute approximate surface area is 123 Å². The average molecular weight is 282 g/mol. The molecule has 3 rings (SSSR count). The van der Waals surface area contributed by atoms with E-state index < -0.39 is 0 Å². The summed E-state index contributed by atoms with van der Waals surface area (Å²) >= 11 is 0. The van der Waals surface area contributed by atoms with Gasteiger partial charge in [-0.1, -0.05) is 12.1 Å². The van der Waals surface area contributed by atoms with E-state index in [1.54, 1.807) is 12.4 Å². The first kappa shape index (κ1) is 13.5. The molecular weight excluding hydrogens is 264 g/mol. The van der Waals surface area contributed by atoms with Gasteiger partial charge in [0.15, 0.2) is 5.82 Å². The Morgan fingerprint density at radius 1 is 1.14 bits per heavy atom. The van der Waals surface area contributed by atoms with Gasteiger partial charge in [-0.05, 0) is 31.0 Å². The number of rotatable bonds is 3. The Morgan fingerprint density at radius 3 is 2.52 bits per heavy atom. The number of anilines is 1. The minimum absolute atomic E-state index is 0.0156. The number of nitrogens with zero attached hydrogens (tertiary/aromatic N) is 3. The predicted octanol–water partition coefficient (Wildman–Crippen LogP) is 1.85. The van der Waals surface area contributed by atoms with E-state index in [1.807, 2.05) is 18.2 Å². The molecule has 5 nitrogen and oxygen atoms in total. The first-order chi connectivity index (χ1) is 10.2. The van der Waals surface area contributed by atoms with Crippen LogP contribution in [-0.2, 0) is 4.79 Å². The molecular formula is C16H18N4O. The van der Waals surface area contributed by atoms with Crippen LogP contribution in [0.25, 0.3) is 11.4 Å². The van der Waals surface area contributed by atoms with Crippen LogP contribution in [0.2, 0.25) is 0 Å². The van der Waals surface area contributed by atoms with Crippen LogP contribution < -0.4 is 10.6 Å². The van der Waals surface area contributed by atoms with E-state index in [1.165, 1.54) is 0 Å². The van der Waals surface area contributed by atoms with E-state index in [4.69, 9.17) is 5.73 Å². The van der Waals surface area contributed by atoms with E-state index >= 15 is 0 Å². The molecule has 2 heterocycles. The molecule has 0 bridgehead atoms. The van der Waals surface area contributed by atoms with E-state index in [2.05, 4.69) is 27.0 Å². The molecule has 0 aliphatic carbocycles. The number of hydrogen-bond donors (Lipinski definition) is 1. The summed E-state index contributed by atoms with van der Waals surface area (Å²) in [6.45, 7) is 1.71. The van der Waals surface area contributed by atoms with Gasteiger partial charge in [0.25, 0.3) is 0 Å². The van der Waals surface area contributed by atoms with E-state index in [-0.39, 0.29) is 11.8 Å². The summed E-state index contributed by atoms with van der Waals surface area (Å²) in [5.41, 5.74) is 7.52. The van der Waals surface area contributed by atoms with Gasteiger partial charge in [0.1, 0.15) is 0 Å². The van der Waals surface area contributed by atoms with Gasteiger partial charge in [0, 0.05) is 42.7 Å². The summed E-state index contributed by atoms with van der Waals surface area (Å²) in [6, 6.07) is 10.0. The molecule has 0 saturated carbocycles. The van der Waals surface area contributed by atoms with Gasteiger partial charge >= 0.3 is 0 Å².